The van der Waals surface area contributed by atoms with Crippen molar-refractivity contribution in [3.8, 4) is 0 Å². The lowest BCUT2D eigenvalue weighted by Gasteiger charge is -2.15. The normalized spacial score (nSPS) is 12.5. The summed E-state index contributed by atoms with van der Waals surface area (Å²) in [6.45, 7) is 2.01. The molecule has 0 saturated carbocycles. The van der Waals surface area contributed by atoms with Gasteiger partial charge >= 0.3 is 0 Å². The minimum atomic E-state index is -0.311. The molecule has 1 unspecified atom stereocenters. The van der Waals surface area contributed by atoms with Crippen LogP contribution in [0.25, 0.3) is 0 Å². The Morgan fingerprint density at radius 2 is 2.05 bits per heavy atom. The van der Waals surface area contributed by atoms with Gasteiger partial charge in [-0.05, 0) is 42.7 Å². The van der Waals surface area contributed by atoms with Crippen LogP contribution in [-0.2, 0) is 6.42 Å². The van der Waals surface area contributed by atoms with Crippen LogP contribution in [0.1, 0.15) is 22.7 Å². The van der Waals surface area contributed by atoms with E-state index in [0.29, 0.717) is 17.0 Å². The standard InChI is InChI=1S/C15H14BrClFN/c1-9-5-6-10(7-12(9)16)15(19)8-11-13(17)3-2-4-14(11)18/h2-7,15H,8,19H2,1H3. The first-order valence-electron chi connectivity index (χ1n) is 5.93. The quantitative estimate of drug-likeness (QED) is 0.852. The molecule has 0 spiro atoms. The lowest BCUT2D eigenvalue weighted by molar-refractivity contribution is 0.593. The summed E-state index contributed by atoms with van der Waals surface area (Å²) >= 11 is 9.49. The molecule has 0 aliphatic carbocycles. The van der Waals surface area contributed by atoms with Crippen molar-refractivity contribution in [2.75, 3.05) is 0 Å². The van der Waals surface area contributed by atoms with Gasteiger partial charge in [-0.1, -0.05) is 45.7 Å². The summed E-state index contributed by atoms with van der Waals surface area (Å²) in [5.41, 5.74) is 8.70. The third-order valence-corrected chi connectivity index (χ3v) is 4.32. The molecular formula is C15H14BrClFN. The maximum atomic E-state index is 13.7. The van der Waals surface area contributed by atoms with Gasteiger partial charge in [0, 0.05) is 21.1 Å². The van der Waals surface area contributed by atoms with Gasteiger partial charge in [0.2, 0.25) is 0 Å². The molecular weight excluding hydrogens is 329 g/mol. The number of rotatable bonds is 3. The smallest absolute Gasteiger partial charge is 0.127 e. The Labute approximate surface area is 125 Å². The van der Waals surface area contributed by atoms with E-state index in [1.54, 1.807) is 12.1 Å². The molecule has 0 aliphatic rings. The fourth-order valence-electron chi connectivity index (χ4n) is 1.90. The largest absolute Gasteiger partial charge is 0.324 e. The fourth-order valence-corrected chi connectivity index (χ4v) is 2.54. The second-order valence-electron chi connectivity index (χ2n) is 4.52. The molecule has 4 heteroatoms. The van der Waals surface area contributed by atoms with Gasteiger partial charge in [-0.2, -0.15) is 0 Å². The third kappa shape index (κ3) is 3.35. The summed E-state index contributed by atoms with van der Waals surface area (Å²) in [6.07, 6.45) is 0.376. The summed E-state index contributed by atoms with van der Waals surface area (Å²) in [7, 11) is 0. The zero-order valence-corrected chi connectivity index (χ0v) is 12.8. The van der Waals surface area contributed by atoms with E-state index in [2.05, 4.69) is 15.9 Å². The Morgan fingerprint density at radius 3 is 2.68 bits per heavy atom. The average molecular weight is 343 g/mol. The molecule has 2 N–H and O–H groups in total. The van der Waals surface area contributed by atoms with Crippen LogP contribution in [0.3, 0.4) is 0 Å². The number of benzene rings is 2. The second kappa shape index (κ2) is 6.04. The minimum Gasteiger partial charge on any atom is -0.324 e. The highest BCUT2D eigenvalue weighted by atomic mass is 79.9. The van der Waals surface area contributed by atoms with E-state index in [1.807, 2.05) is 25.1 Å². The van der Waals surface area contributed by atoms with E-state index >= 15 is 0 Å². The first-order chi connectivity index (χ1) is 8.99. The molecule has 2 aromatic rings. The summed E-state index contributed by atoms with van der Waals surface area (Å²) in [4.78, 5) is 0. The van der Waals surface area contributed by atoms with E-state index in [1.165, 1.54) is 6.07 Å². The van der Waals surface area contributed by atoms with Gasteiger partial charge < -0.3 is 5.73 Å². The second-order valence-corrected chi connectivity index (χ2v) is 5.78. The van der Waals surface area contributed by atoms with Crippen molar-refractivity contribution in [2.24, 2.45) is 5.73 Å². The van der Waals surface area contributed by atoms with Crippen molar-refractivity contribution in [1.82, 2.24) is 0 Å². The molecule has 0 radical (unpaired) electrons. The summed E-state index contributed by atoms with van der Waals surface area (Å²) in [6, 6.07) is 10.3. The Morgan fingerprint density at radius 1 is 1.32 bits per heavy atom. The molecule has 0 heterocycles. The van der Waals surface area contributed by atoms with Gasteiger partial charge in [0.15, 0.2) is 0 Å². The summed E-state index contributed by atoms with van der Waals surface area (Å²) in [5, 5.41) is 0.418. The monoisotopic (exact) mass is 341 g/mol. The van der Waals surface area contributed by atoms with Crippen molar-refractivity contribution in [3.05, 3.63) is 68.4 Å². The molecule has 19 heavy (non-hydrogen) atoms. The van der Waals surface area contributed by atoms with Crippen LogP contribution >= 0.6 is 27.5 Å². The Balaban J connectivity index is 2.25. The molecule has 0 saturated heterocycles. The van der Waals surface area contributed by atoms with Crippen LogP contribution in [0.5, 0.6) is 0 Å². The van der Waals surface area contributed by atoms with Gasteiger partial charge in [0.25, 0.3) is 0 Å². The lowest BCUT2D eigenvalue weighted by atomic mass is 9.98. The summed E-state index contributed by atoms with van der Waals surface area (Å²) in [5.74, 6) is -0.311. The van der Waals surface area contributed by atoms with Gasteiger partial charge in [0.1, 0.15) is 5.82 Å². The predicted octanol–water partition coefficient (Wildman–Crippen LogP) is 4.79. The van der Waals surface area contributed by atoms with Crippen molar-refractivity contribution in [3.63, 3.8) is 0 Å². The maximum absolute atomic E-state index is 13.7. The van der Waals surface area contributed by atoms with Crippen LogP contribution in [-0.4, -0.2) is 0 Å². The average Bonchev–Trinajstić information content (AvgIpc) is 2.37. The van der Waals surface area contributed by atoms with Gasteiger partial charge in [-0.3, -0.25) is 0 Å². The molecule has 0 fully saturated rings. The number of halogens is 3. The number of hydrogen-bond donors (Lipinski definition) is 1. The fraction of sp³-hybridized carbons (Fsp3) is 0.200. The zero-order valence-electron chi connectivity index (χ0n) is 10.5. The number of nitrogens with two attached hydrogens (primary N) is 1. The van der Waals surface area contributed by atoms with E-state index in [-0.39, 0.29) is 11.9 Å². The highest BCUT2D eigenvalue weighted by Gasteiger charge is 2.14. The van der Waals surface area contributed by atoms with E-state index in [9.17, 15) is 4.39 Å². The van der Waals surface area contributed by atoms with E-state index in [0.717, 1.165) is 15.6 Å². The maximum Gasteiger partial charge on any atom is 0.127 e. The molecule has 0 bridgehead atoms. The molecule has 2 rings (SSSR count). The zero-order chi connectivity index (χ0) is 14.0. The van der Waals surface area contributed by atoms with Gasteiger partial charge in [-0.25, -0.2) is 4.39 Å². The van der Waals surface area contributed by atoms with Crippen molar-refractivity contribution in [2.45, 2.75) is 19.4 Å². The minimum absolute atomic E-state index is 0.286. The molecule has 0 aromatic heterocycles. The van der Waals surface area contributed by atoms with Crippen molar-refractivity contribution >= 4 is 27.5 Å². The van der Waals surface area contributed by atoms with Crippen LogP contribution in [0.2, 0.25) is 5.02 Å². The number of hydrogen-bond acceptors (Lipinski definition) is 1. The molecule has 0 amide bonds. The molecule has 1 nitrogen and oxygen atoms in total. The topological polar surface area (TPSA) is 26.0 Å². The first kappa shape index (κ1) is 14.5. The van der Waals surface area contributed by atoms with Crippen LogP contribution in [0, 0.1) is 12.7 Å². The molecule has 0 aliphatic heterocycles. The third-order valence-electron chi connectivity index (χ3n) is 3.11. The SMILES string of the molecule is Cc1ccc(C(N)Cc2c(F)cccc2Cl)cc1Br. The Hall–Kier alpha value is -0.900. The van der Waals surface area contributed by atoms with Crippen LogP contribution in [0.15, 0.2) is 40.9 Å². The van der Waals surface area contributed by atoms with Gasteiger partial charge in [0.05, 0.1) is 0 Å². The van der Waals surface area contributed by atoms with Crippen molar-refractivity contribution in [1.29, 1.82) is 0 Å². The highest BCUT2D eigenvalue weighted by Crippen LogP contribution is 2.26. The van der Waals surface area contributed by atoms with Gasteiger partial charge in [-0.15, -0.1) is 0 Å². The molecule has 1 atom stereocenters. The van der Waals surface area contributed by atoms with E-state index in [4.69, 9.17) is 17.3 Å². The van der Waals surface area contributed by atoms with Crippen molar-refractivity contribution < 1.29 is 4.39 Å². The highest BCUT2D eigenvalue weighted by molar-refractivity contribution is 9.10. The Bertz CT molecular complexity index is 580. The predicted molar refractivity (Wildman–Crippen MR) is 80.9 cm³/mol. The first-order valence-corrected chi connectivity index (χ1v) is 7.10. The van der Waals surface area contributed by atoms with E-state index < -0.39 is 0 Å². The molecule has 2 aromatic carbocycles. The van der Waals surface area contributed by atoms with Crippen LogP contribution in [0.4, 0.5) is 4.39 Å². The lowest BCUT2D eigenvalue weighted by Crippen LogP contribution is -2.14. The number of aryl methyl sites for hydroxylation is 1. The van der Waals surface area contributed by atoms with Crippen LogP contribution < -0.4 is 5.73 Å². The summed E-state index contributed by atoms with van der Waals surface area (Å²) < 4.78 is 14.7. The Kier molecular flexibility index (Phi) is 4.61. The molecule has 100 valence electrons.